The highest BCUT2D eigenvalue weighted by Crippen LogP contribution is 2.39. The van der Waals surface area contributed by atoms with Crippen LogP contribution in [0.3, 0.4) is 0 Å². The zero-order valence-electron chi connectivity index (χ0n) is 24.6. The van der Waals surface area contributed by atoms with Gasteiger partial charge in [-0.1, -0.05) is 91.0 Å². The van der Waals surface area contributed by atoms with Crippen LogP contribution in [0.2, 0.25) is 0 Å². The van der Waals surface area contributed by atoms with Gasteiger partial charge in [-0.2, -0.15) is 0 Å². The van der Waals surface area contributed by atoms with E-state index >= 15 is 0 Å². The highest BCUT2D eigenvalue weighted by atomic mass is 16.3. The third-order valence-corrected chi connectivity index (χ3v) is 9.54. The van der Waals surface area contributed by atoms with Crippen LogP contribution >= 0.6 is 0 Å². The van der Waals surface area contributed by atoms with Crippen molar-refractivity contribution in [3.05, 3.63) is 144 Å². The van der Waals surface area contributed by atoms with Crippen LogP contribution < -0.4 is 10.6 Å². The molecular weight excluding hydrogens is 548 g/mol. The van der Waals surface area contributed by atoms with Crippen LogP contribution in [-0.2, 0) is 0 Å². The molecule has 0 amide bonds. The molecular formula is C42H28N2O. The summed E-state index contributed by atoms with van der Waals surface area (Å²) in [7, 11) is 0. The molecule has 0 atom stereocenters. The Kier molecular flexibility index (Phi) is 5.11. The summed E-state index contributed by atoms with van der Waals surface area (Å²) in [5.74, 6) is 0. The van der Waals surface area contributed by atoms with Crippen LogP contribution in [0.4, 0.5) is 0 Å². The molecule has 3 heteroatoms. The Balaban J connectivity index is 1.20. The van der Waals surface area contributed by atoms with Crippen LogP contribution in [0.25, 0.3) is 89.3 Å². The number of nitrogens with zero attached hydrogens (tertiary/aromatic N) is 2. The average molecular weight is 577 g/mol. The molecule has 0 radical (unpaired) electrons. The Hall–Kier alpha value is -5.80. The lowest BCUT2D eigenvalue weighted by molar-refractivity contribution is 0.666. The molecule has 0 spiro atoms. The molecule has 212 valence electrons. The molecule has 3 aromatic heterocycles. The van der Waals surface area contributed by atoms with Crippen molar-refractivity contribution >= 4 is 66.8 Å². The van der Waals surface area contributed by atoms with Crippen molar-refractivity contribution in [1.82, 2.24) is 9.13 Å². The summed E-state index contributed by atoms with van der Waals surface area (Å²) in [4.78, 5) is 0. The number of aromatic nitrogens is 2. The Morgan fingerprint density at radius 3 is 2.00 bits per heavy atom. The monoisotopic (exact) mass is 576 g/mol. The van der Waals surface area contributed by atoms with Crippen molar-refractivity contribution in [3.63, 3.8) is 0 Å². The summed E-state index contributed by atoms with van der Waals surface area (Å²) in [6, 6.07) is 48.1. The van der Waals surface area contributed by atoms with E-state index < -0.39 is 0 Å². The Labute approximate surface area is 259 Å². The van der Waals surface area contributed by atoms with E-state index in [2.05, 4.69) is 149 Å². The van der Waals surface area contributed by atoms with E-state index in [1.54, 1.807) is 0 Å². The van der Waals surface area contributed by atoms with Gasteiger partial charge < -0.3 is 13.6 Å². The molecule has 1 aliphatic rings. The third kappa shape index (κ3) is 3.52. The smallest absolute Gasteiger partial charge is 0.159 e. The first-order chi connectivity index (χ1) is 22.3. The zero-order valence-corrected chi connectivity index (χ0v) is 24.6. The van der Waals surface area contributed by atoms with E-state index in [-0.39, 0.29) is 0 Å². The lowest BCUT2D eigenvalue weighted by atomic mass is 10.0. The summed E-state index contributed by atoms with van der Waals surface area (Å²) >= 11 is 0. The van der Waals surface area contributed by atoms with Gasteiger partial charge >= 0.3 is 0 Å². The van der Waals surface area contributed by atoms with Crippen LogP contribution in [0.1, 0.15) is 12.8 Å². The van der Waals surface area contributed by atoms with Gasteiger partial charge in [0.1, 0.15) is 5.58 Å². The fourth-order valence-electron chi connectivity index (χ4n) is 7.55. The van der Waals surface area contributed by atoms with Crippen molar-refractivity contribution < 1.29 is 4.42 Å². The van der Waals surface area contributed by atoms with E-state index in [0.717, 1.165) is 40.5 Å². The minimum atomic E-state index is 0.913. The molecule has 10 rings (SSSR count). The maximum atomic E-state index is 6.49. The number of para-hydroxylation sites is 4. The molecule has 1 aliphatic carbocycles. The van der Waals surface area contributed by atoms with Crippen molar-refractivity contribution in [2.75, 3.05) is 0 Å². The molecule has 6 aromatic carbocycles. The summed E-state index contributed by atoms with van der Waals surface area (Å²) in [5, 5.41) is 8.71. The quantitative estimate of drug-likeness (QED) is 0.205. The van der Waals surface area contributed by atoms with Gasteiger partial charge in [0.2, 0.25) is 0 Å². The first-order valence-corrected chi connectivity index (χ1v) is 15.7. The molecule has 0 saturated carbocycles. The van der Waals surface area contributed by atoms with Crippen molar-refractivity contribution in [1.29, 1.82) is 0 Å². The van der Waals surface area contributed by atoms with Gasteiger partial charge in [-0.25, -0.2) is 0 Å². The van der Waals surface area contributed by atoms with Gasteiger partial charge in [0.15, 0.2) is 5.58 Å². The fourth-order valence-corrected chi connectivity index (χ4v) is 7.55. The van der Waals surface area contributed by atoms with Crippen LogP contribution in [0.15, 0.2) is 138 Å². The molecule has 9 aromatic rings. The SMILES string of the molecule is C1=c2c(n(-c3ccccc3)c3ccc(-c4ccc5c(c4)c4ccccc4n5-c4cccc5c4oc4ccccc45)cc23)=CCC1. The van der Waals surface area contributed by atoms with E-state index in [0.29, 0.717) is 0 Å². The highest BCUT2D eigenvalue weighted by Gasteiger charge is 2.18. The van der Waals surface area contributed by atoms with Gasteiger partial charge in [-0.3, -0.25) is 0 Å². The van der Waals surface area contributed by atoms with E-state index in [1.807, 2.05) is 6.07 Å². The van der Waals surface area contributed by atoms with E-state index in [9.17, 15) is 0 Å². The van der Waals surface area contributed by atoms with Crippen molar-refractivity contribution in [3.8, 4) is 22.5 Å². The lowest BCUT2D eigenvalue weighted by Gasteiger charge is -2.09. The van der Waals surface area contributed by atoms with Gasteiger partial charge in [0.25, 0.3) is 0 Å². The number of fused-ring (bicyclic) bond motifs is 9. The number of hydrogen-bond donors (Lipinski definition) is 0. The summed E-state index contributed by atoms with van der Waals surface area (Å²) in [6.45, 7) is 0. The predicted molar refractivity (Wildman–Crippen MR) is 188 cm³/mol. The maximum Gasteiger partial charge on any atom is 0.159 e. The molecule has 3 nitrogen and oxygen atoms in total. The second-order valence-electron chi connectivity index (χ2n) is 12.0. The average Bonchev–Trinajstić information content (AvgIpc) is 3.76. The largest absolute Gasteiger partial charge is 0.454 e. The highest BCUT2D eigenvalue weighted by molar-refractivity contribution is 6.13. The molecule has 0 fully saturated rings. The van der Waals surface area contributed by atoms with E-state index in [4.69, 9.17) is 4.42 Å². The van der Waals surface area contributed by atoms with Crippen LogP contribution in [-0.4, -0.2) is 9.13 Å². The molecule has 45 heavy (non-hydrogen) atoms. The molecule has 0 saturated heterocycles. The maximum absolute atomic E-state index is 6.49. The summed E-state index contributed by atoms with van der Waals surface area (Å²) < 4.78 is 11.3. The first kappa shape index (κ1) is 24.6. The summed E-state index contributed by atoms with van der Waals surface area (Å²) in [6.07, 6.45) is 6.96. The number of benzene rings is 6. The Morgan fingerprint density at radius 2 is 1.13 bits per heavy atom. The van der Waals surface area contributed by atoms with Gasteiger partial charge in [-0.15, -0.1) is 0 Å². The molecule has 0 aliphatic heterocycles. The van der Waals surface area contributed by atoms with Crippen molar-refractivity contribution in [2.24, 2.45) is 0 Å². The second kappa shape index (κ2) is 9.35. The van der Waals surface area contributed by atoms with Crippen LogP contribution in [0.5, 0.6) is 0 Å². The van der Waals surface area contributed by atoms with Gasteiger partial charge in [0.05, 0.1) is 22.2 Å². The van der Waals surface area contributed by atoms with Crippen LogP contribution in [0, 0.1) is 0 Å². The van der Waals surface area contributed by atoms with E-state index in [1.165, 1.54) is 60.1 Å². The minimum absolute atomic E-state index is 0.913. The minimum Gasteiger partial charge on any atom is -0.454 e. The predicted octanol–water partition coefficient (Wildman–Crippen LogP) is 9.65. The zero-order chi connectivity index (χ0) is 29.5. The van der Waals surface area contributed by atoms with Gasteiger partial charge in [-0.05, 0) is 78.6 Å². The number of hydrogen-bond acceptors (Lipinski definition) is 1. The summed E-state index contributed by atoms with van der Waals surface area (Å²) in [5.41, 5.74) is 10.1. The first-order valence-electron chi connectivity index (χ1n) is 15.7. The Bertz CT molecular complexity index is 2760. The second-order valence-corrected chi connectivity index (χ2v) is 12.0. The van der Waals surface area contributed by atoms with Crippen molar-refractivity contribution in [2.45, 2.75) is 12.8 Å². The molecule has 0 N–H and O–H groups in total. The number of rotatable bonds is 3. The lowest BCUT2D eigenvalue weighted by Crippen LogP contribution is -2.30. The molecule has 3 heterocycles. The number of furan rings is 1. The fraction of sp³-hybridized carbons (Fsp3) is 0.0476. The van der Waals surface area contributed by atoms with Gasteiger partial charge in [0, 0.05) is 43.2 Å². The third-order valence-electron chi connectivity index (χ3n) is 9.54. The Morgan fingerprint density at radius 1 is 0.467 bits per heavy atom. The normalized spacial score (nSPS) is 13.1. The standard InChI is InChI=1S/C42H28N2O/c1-2-11-29(12-3-1)43-36-17-7-4-13-30(36)34-25-27(21-23-38(34)43)28-22-24-39-35(26-28)31-14-5-8-18-37(31)44(39)40-19-10-16-33-32-15-6-9-20-41(32)45-42(33)40/h1-3,5-6,8-26H,4,7H2. The molecule has 0 bridgehead atoms. The topological polar surface area (TPSA) is 23.0 Å². The molecule has 0 unspecified atom stereocenters.